The number of phenolic OH excluding ortho intramolecular Hbond substituents is 1. The molecule has 0 heterocycles. The molecule has 0 fully saturated rings. The maximum absolute atomic E-state index is 11.5. The van der Waals surface area contributed by atoms with E-state index in [1.54, 1.807) is 12.1 Å². The predicted octanol–water partition coefficient (Wildman–Crippen LogP) is 1.79. The van der Waals surface area contributed by atoms with Gasteiger partial charge in [-0.3, -0.25) is 0 Å². The smallest absolute Gasteiger partial charge is 0.344 e. The van der Waals surface area contributed by atoms with Crippen LogP contribution in [0.15, 0.2) is 18.2 Å². The van der Waals surface area contributed by atoms with Gasteiger partial charge in [0.05, 0.1) is 6.61 Å². The van der Waals surface area contributed by atoms with Crippen molar-refractivity contribution in [1.29, 1.82) is 0 Å². The number of phenols is 1. The summed E-state index contributed by atoms with van der Waals surface area (Å²) in [5.74, 6) is -0.482. The van der Waals surface area contributed by atoms with Crippen LogP contribution in [0.25, 0.3) is 0 Å². The highest BCUT2D eigenvalue weighted by Gasteiger charge is 2.16. The van der Waals surface area contributed by atoms with E-state index in [9.17, 15) is 9.90 Å². The molecule has 0 atom stereocenters. The highest BCUT2D eigenvalue weighted by molar-refractivity contribution is 5.97. The molecule has 0 spiro atoms. The van der Waals surface area contributed by atoms with Crippen LogP contribution in [0, 0.1) is 5.92 Å². The molecule has 0 aliphatic rings. The fourth-order valence-electron chi connectivity index (χ4n) is 1.09. The molecule has 4 nitrogen and oxygen atoms in total. The van der Waals surface area contributed by atoms with E-state index in [1.165, 1.54) is 6.07 Å². The van der Waals surface area contributed by atoms with Crippen molar-refractivity contribution in [2.24, 2.45) is 5.92 Å². The Kier molecular flexibility index (Phi) is 3.55. The van der Waals surface area contributed by atoms with Gasteiger partial charge >= 0.3 is 5.97 Å². The van der Waals surface area contributed by atoms with E-state index in [4.69, 9.17) is 10.5 Å². The molecule has 0 unspecified atom stereocenters. The molecule has 1 aromatic carbocycles. The van der Waals surface area contributed by atoms with Gasteiger partial charge in [0.25, 0.3) is 0 Å². The fraction of sp³-hybridized carbons (Fsp3) is 0.364. The number of benzene rings is 1. The van der Waals surface area contributed by atoms with Crippen LogP contribution in [0.2, 0.25) is 0 Å². The molecule has 15 heavy (non-hydrogen) atoms. The Bertz CT molecular complexity index is 341. The molecule has 1 rings (SSSR count). The summed E-state index contributed by atoms with van der Waals surface area (Å²) in [5.41, 5.74) is 5.83. The van der Waals surface area contributed by atoms with Crippen LogP contribution >= 0.6 is 0 Å². The molecule has 4 heteroatoms. The van der Waals surface area contributed by atoms with Crippen molar-refractivity contribution in [2.75, 3.05) is 12.3 Å². The van der Waals surface area contributed by atoms with Crippen molar-refractivity contribution in [3.63, 3.8) is 0 Å². The number of ether oxygens (including phenoxy) is 1. The predicted molar refractivity (Wildman–Crippen MR) is 57.6 cm³/mol. The van der Waals surface area contributed by atoms with Crippen LogP contribution in [0.1, 0.15) is 24.2 Å². The molecule has 3 N–H and O–H groups in total. The number of carbonyl (C=O) groups is 1. The Morgan fingerprint density at radius 3 is 2.73 bits per heavy atom. The van der Waals surface area contributed by atoms with Crippen LogP contribution in [-0.4, -0.2) is 17.7 Å². The Morgan fingerprint density at radius 2 is 2.20 bits per heavy atom. The van der Waals surface area contributed by atoms with Crippen molar-refractivity contribution in [1.82, 2.24) is 0 Å². The highest BCUT2D eigenvalue weighted by atomic mass is 16.5. The lowest BCUT2D eigenvalue weighted by Crippen LogP contribution is -2.12. The van der Waals surface area contributed by atoms with Gasteiger partial charge in [-0.25, -0.2) is 4.79 Å². The standard InChI is InChI=1S/C11H15NO3/c1-7(2)6-15-11(14)10-8(12)4-3-5-9(10)13/h3-5,7,13H,6,12H2,1-2H3. The van der Waals surface area contributed by atoms with Crippen LogP contribution in [-0.2, 0) is 4.74 Å². The van der Waals surface area contributed by atoms with Gasteiger partial charge in [0.1, 0.15) is 11.3 Å². The average Bonchev–Trinajstić information content (AvgIpc) is 2.14. The first-order valence-electron chi connectivity index (χ1n) is 4.77. The second-order valence-corrected chi connectivity index (χ2v) is 3.73. The number of hydrogen-bond acceptors (Lipinski definition) is 4. The molecule has 0 aliphatic carbocycles. The van der Waals surface area contributed by atoms with Gasteiger partial charge in [0, 0.05) is 5.69 Å². The van der Waals surface area contributed by atoms with E-state index in [-0.39, 0.29) is 22.9 Å². The number of esters is 1. The molecule has 0 aromatic heterocycles. The summed E-state index contributed by atoms with van der Waals surface area (Å²) >= 11 is 0. The van der Waals surface area contributed by atoms with Gasteiger partial charge in [-0.15, -0.1) is 0 Å². The zero-order valence-corrected chi connectivity index (χ0v) is 8.86. The molecule has 0 saturated heterocycles. The molecule has 0 aliphatic heterocycles. The minimum absolute atomic E-state index is 0.0400. The lowest BCUT2D eigenvalue weighted by Gasteiger charge is -2.09. The molecule has 0 saturated carbocycles. The summed E-state index contributed by atoms with van der Waals surface area (Å²) in [6, 6.07) is 4.53. The summed E-state index contributed by atoms with van der Waals surface area (Å²) < 4.78 is 4.97. The Balaban J connectivity index is 2.82. The third-order valence-electron chi connectivity index (χ3n) is 1.83. The molecule has 0 bridgehead atoms. The maximum atomic E-state index is 11.5. The molecule has 82 valence electrons. The van der Waals surface area contributed by atoms with E-state index >= 15 is 0 Å². The third-order valence-corrected chi connectivity index (χ3v) is 1.83. The minimum Gasteiger partial charge on any atom is -0.507 e. The second kappa shape index (κ2) is 4.68. The third kappa shape index (κ3) is 2.87. The van der Waals surface area contributed by atoms with Gasteiger partial charge in [-0.2, -0.15) is 0 Å². The maximum Gasteiger partial charge on any atom is 0.344 e. The van der Waals surface area contributed by atoms with Gasteiger partial charge < -0.3 is 15.6 Å². The number of anilines is 1. The van der Waals surface area contributed by atoms with E-state index in [1.807, 2.05) is 13.8 Å². The van der Waals surface area contributed by atoms with Crippen molar-refractivity contribution >= 4 is 11.7 Å². The number of rotatable bonds is 3. The largest absolute Gasteiger partial charge is 0.507 e. The lowest BCUT2D eigenvalue weighted by atomic mass is 10.1. The van der Waals surface area contributed by atoms with Crippen molar-refractivity contribution < 1.29 is 14.6 Å². The Labute approximate surface area is 88.7 Å². The van der Waals surface area contributed by atoms with Crippen LogP contribution in [0.3, 0.4) is 0 Å². The van der Waals surface area contributed by atoms with Gasteiger partial charge in [-0.05, 0) is 18.1 Å². The van der Waals surface area contributed by atoms with Crippen molar-refractivity contribution in [2.45, 2.75) is 13.8 Å². The lowest BCUT2D eigenvalue weighted by molar-refractivity contribution is 0.0457. The molecular weight excluding hydrogens is 194 g/mol. The van der Waals surface area contributed by atoms with Crippen LogP contribution in [0.5, 0.6) is 5.75 Å². The molecule has 1 aromatic rings. The van der Waals surface area contributed by atoms with Crippen LogP contribution in [0.4, 0.5) is 5.69 Å². The van der Waals surface area contributed by atoms with Gasteiger partial charge in [0.2, 0.25) is 0 Å². The van der Waals surface area contributed by atoms with Gasteiger partial charge in [0.15, 0.2) is 0 Å². The SMILES string of the molecule is CC(C)COC(=O)c1c(N)cccc1O. The number of nitrogen functional groups attached to an aromatic ring is 1. The summed E-state index contributed by atoms with van der Waals surface area (Å²) in [6.45, 7) is 4.18. The van der Waals surface area contributed by atoms with Crippen LogP contribution < -0.4 is 5.73 Å². The summed E-state index contributed by atoms with van der Waals surface area (Å²) in [7, 11) is 0. The molecular formula is C11H15NO3. The number of aromatic hydroxyl groups is 1. The highest BCUT2D eigenvalue weighted by Crippen LogP contribution is 2.23. The van der Waals surface area contributed by atoms with E-state index < -0.39 is 5.97 Å². The van der Waals surface area contributed by atoms with E-state index in [2.05, 4.69) is 0 Å². The number of carbonyl (C=O) groups excluding carboxylic acids is 1. The Hall–Kier alpha value is -1.71. The number of nitrogens with two attached hydrogens (primary N) is 1. The van der Waals surface area contributed by atoms with Crippen molar-refractivity contribution in [3.05, 3.63) is 23.8 Å². The summed E-state index contributed by atoms with van der Waals surface area (Å²) in [4.78, 5) is 11.5. The first kappa shape index (κ1) is 11.4. The zero-order chi connectivity index (χ0) is 11.4. The second-order valence-electron chi connectivity index (χ2n) is 3.73. The summed E-state index contributed by atoms with van der Waals surface area (Å²) in [5, 5.41) is 9.45. The number of hydrogen-bond donors (Lipinski definition) is 2. The van der Waals surface area contributed by atoms with E-state index in [0.717, 1.165) is 0 Å². The minimum atomic E-state index is -0.584. The average molecular weight is 209 g/mol. The molecule has 0 amide bonds. The molecule has 0 radical (unpaired) electrons. The Morgan fingerprint density at radius 1 is 1.53 bits per heavy atom. The fourth-order valence-corrected chi connectivity index (χ4v) is 1.09. The monoisotopic (exact) mass is 209 g/mol. The first-order chi connectivity index (χ1) is 7.02. The quantitative estimate of drug-likeness (QED) is 0.588. The summed E-state index contributed by atoms with van der Waals surface area (Å²) in [6.07, 6.45) is 0. The first-order valence-corrected chi connectivity index (χ1v) is 4.77. The van der Waals surface area contributed by atoms with E-state index in [0.29, 0.717) is 6.61 Å². The zero-order valence-electron chi connectivity index (χ0n) is 8.86. The topological polar surface area (TPSA) is 72.5 Å². The van der Waals surface area contributed by atoms with Crippen molar-refractivity contribution in [3.8, 4) is 5.75 Å². The van der Waals surface area contributed by atoms with Gasteiger partial charge in [-0.1, -0.05) is 19.9 Å². The normalized spacial score (nSPS) is 10.3.